The third-order valence-corrected chi connectivity index (χ3v) is 4.04. The number of rotatable bonds is 9. The zero-order valence-corrected chi connectivity index (χ0v) is 12.8. The lowest BCUT2D eigenvalue weighted by atomic mass is 10.2. The van der Waals surface area contributed by atoms with Crippen molar-refractivity contribution in [3.05, 3.63) is 0 Å². The van der Waals surface area contributed by atoms with Crippen LogP contribution in [0.15, 0.2) is 0 Å². The van der Waals surface area contributed by atoms with Gasteiger partial charge < -0.3 is 0 Å². The zero-order valence-electron chi connectivity index (χ0n) is 11.9. The van der Waals surface area contributed by atoms with Crippen molar-refractivity contribution in [2.24, 2.45) is 5.92 Å². The van der Waals surface area contributed by atoms with Crippen LogP contribution in [0.2, 0.25) is 0 Å². The van der Waals surface area contributed by atoms with Gasteiger partial charge in [0.25, 0.3) is 0 Å². The lowest BCUT2D eigenvalue weighted by Crippen LogP contribution is -2.14. The molecule has 0 saturated carbocycles. The highest BCUT2D eigenvalue weighted by atomic mass is 31.2. The predicted octanol–water partition coefficient (Wildman–Crippen LogP) is 4.40. The second-order valence-electron chi connectivity index (χ2n) is 4.79. The maximum absolute atomic E-state index is 12.4. The molecule has 104 valence electrons. The molecule has 4 nitrogen and oxygen atoms in total. The fourth-order valence-electron chi connectivity index (χ4n) is 0.916. The molecule has 0 fully saturated rings. The molecule has 0 heterocycles. The fraction of sp³-hybridized carbons (Fsp3) is 1.00. The van der Waals surface area contributed by atoms with Crippen LogP contribution in [0.25, 0.3) is 0 Å². The molecule has 2 unspecified atom stereocenters. The minimum atomic E-state index is -3.42. The van der Waals surface area contributed by atoms with Crippen LogP contribution < -0.4 is 0 Å². The Hall–Kier alpha value is 0.110. The van der Waals surface area contributed by atoms with Crippen LogP contribution in [0.3, 0.4) is 0 Å². The molecule has 0 aromatic rings. The molecule has 0 radical (unpaired) electrons. The summed E-state index contributed by atoms with van der Waals surface area (Å²) in [5.74, 6) is 0.296. The molecule has 17 heavy (non-hydrogen) atoms. The quantitative estimate of drug-likeness (QED) is 0.580. The maximum atomic E-state index is 12.4. The summed E-state index contributed by atoms with van der Waals surface area (Å²) in [6, 6.07) is 0. The van der Waals surface area contributed by atoms with E-state index in [0.29, 0.717) is 12.5 Å². The van der Waals surface area contributed by atoms with E-state index in [2.05, 4.69) is 0 Å². The molecule has 0 aromatic heterocycles. The lowest BCUT2D eigenvalue weighted by Gasteiger charge is -2.24. The van der Waals surface area contributed by atoms with Gasteiger partial charge in [-0.3, -0.25) is 13.6 Å². The van der Waals surface area contributed by atoms with Gasteiger partial charge in [0, 0.05) is 0 Å². The van der Waals surface area contributed by atoms with Crippen LogP contribution in [-0.4, -0.2) is 18.8 Å². The Morgan fingerprint density at radius 2 is 1.35 bits per heavy atom. The Bertz CT molecular complexity index is 227. The monoisotopic (exact) mass is 266 g/mol. The molecular formula is C12H27O4P. The summed E-state index contributed by atoms with van der Waals surface area (Å²) in [5, 5.41) is 0. The SMILES string of the molecule is CCC(C)OP(=O)(OCC(C)C)OC(C)CC. The summed E-state index contributed by atoms with van der Waals surface area (Å²) in [5.41, 5.74) is 0. The van der Waals surface area contributed by atoms with Gasteiger partial charge in [0.1, 0.15) is 0 Å². The summed E-state index contributed by atoms with van der Waals surface area (Å²) >= 11 is 0. The van der Waals surface area contributed by atoms with Gasteiger partial charge in [0.15, 0.2) is 0 Å². The summed E-state index contributed by atoms with van der Waals surface area (Å²) in [4.78, 5) is 0. The van der Waals surface area contributed by atoms with E-state index in [4.69, 9.17) is 13.6 Å². The van der Waals surface area contributed by atoms with E-state index in [1.54, 1.807) is 0 Å². The number of phosphoric acid groups is 1. The number of phosphoric ester groups is 1. The van der Waals surface area contributed by atoms with Crippen molar-refractivity contribution < 1.29 is 18.1 Å². The fourth-order valence-corrected chi connectivity index (χ4v) is 2.75. The first-order valence-electron chi connectivity index (χ1n) is 6.44. The van der Waals surface area contributed by atoms with E-state index in [0.717, 1.165) is 12.8 Å². The lowest BCUT2D eigenvalue weighted by molar-refractivity contribution is 0.0546. The molecular weight excluding hydrogens is 239 g/mol. The van der Waals surface area contributed by atoms with Gasteiger partial charge in [-0.15, -0.1) is 0 Å². The highest BCUT2D eigenvalue weighted by Gasteiger charge is 2.31. The maximum Gasteiger partial charge on any atom is 0.475 e. The Balaban J connectivity index is 4.50. The molecule has 0 aliphatic rings. The van der Waals surface area contributed by atoms with E-state index in [9.17, 15) is 4.57 Å². The Morgan fingerprint density at radius 3 is 1.65 bits per heavy atom. The number of hydrogen-bond donors (Lipinski definition) is 0. The molecule has 0 bridgehead atoms. The molecule has 5 heteroatoms. The van der Waals surface area contributed by atoms with Crippen molar-refractivity contribution in [3.8, 4) is 0 Å². The van der Waals surface area contributed by atoms with Crippen molar-refractivity contribution in [2.45, 2.75) is 66.6 Å². The first kappa shape index (κ1) is 17.1. The molecule has 0 N–H and O–H groups in total. The van der Waals surface area contributed by atoms with Crippen LogP contribution in [0.5, 0.6) is 0 Å². The van der Waals surface area contributed by atoms with Crippen molar-refractivity contribution >= 4 is 7.82 Å². The molecule has 0 aliphatic carbocycles. The van der Waals surface area contributed by atoms with Gasteiger partial charge in [-0.25, -0.2) is 4.57 Å². The Kier molecular flexibility index (Phi) is 8.31. The normalized spacial score (nSPS) is 19.0. The van der Waals surface area contributed by atoms with Crippen LogP contribution >= 0.6 is 7.82 Å². The zero-order chi connectivity index (χ0) is 13.5. The first-order valence-corrected chi connectivity index (χ1v) is 7.90. The topological polar surface area (TPSA) is 44.8 Å². The molecule has 0 saturated heterocycles. The molecule has 0 aliphatic heterocycles. The molecule has 0 amide bonds. The van der Waals surface area contributed by atoms with Crippen LogP contribution in [0.4, 0.5) is 0 Å². The summed E-state index contributed by atoms with van der Waals surface area (Å²) in [7, 11) is -3.42. The molecule has 0 aromatic carbocycles. The minimum absolute atomic E-state index is 0.128. The smallest absolute Gasteiger partial charge is 0.287 e. The highest BCUT2D eigenvalue weighted by Crippen LogP contribution is 2.52. The van der Waals surface area contributed by atoms with Crippen molar-refractivity contribution in [3.63, 3.8) is 0 Å². The van der Waals surface area contributed by atoms with E-state index in [1.807, 2.05) is 41.5 Å². The average Bonchev–Trinajstić information content (AvgIpc) is 2.26. The highest BCUT2D eigenvalue weighted by molar-refractivity contribution is 7.48. The van der Waals surface area contributed by atoms with Crippen molar-refractivity contribution in [1.82, 2.24) is 0 Å². The molecule has 0 spiro atoms. The van der Waals surface area contributed by atoms with Crippen molar-refractivity contribution in [1.29, 1.82) is 0 Å². The van der Waals surface area contributed by atoms with E-state index >= 15 is 0 Å². The molecule has 2 atom stereocenters. The van der Waals surface area contributed by atoms with Gasteiger partial charge in [-0.05, 0) is 32.6 Å². The van der Waals surface area contributed by atoms with Crippen LogP contribution in [0, 0.1) is 5.92 Å². The van der Waals surface area contributed by atoms with E-state index < -0.39 is 7.82 Å². The second kappa shape index (κ2) is 8.25. The van der Waals surface area contributed by atoms with Gasteiger partial charge in [-0.2, -0.15) is 0 Å². The third kappa shape index (κ3) is 7.93. The van der Waals surface area contributed by atoms with Gasteiger partial charge in [0.2, 0.25) is 0 Å². The Morgan fingerprint density at radius 1 is 0.941 bits per heavy atom. The van der Waals surface area contributed by atoms with Gasteiger partial charge in [0.05, 0.1) is 18.8 Å². The largest absolute Gasteiger partial charge is 0.475 e. The van der Waals surface area contributed by atoms with Crippen LogP contribution in [0.1, 0.15) is 54.4 Å². The minimum Gasteiger partial charge on any atom is -0.287 e. The molecule has 0 rings (SSSR count). The predicted molar refractivity (Wildman–Crippen MR) is 70.1 cm³/mol. The standard InChI is InChI=1S/C12H27O4P/c1-7-11(5)15-17(13,14-9-10(3)4)16-12(6)8-2/h10-12H,7-9H2,1-6H3. The summed E-state index contributed by atoms with van der Waals surface area (Å²) in [6.07, 6.45) is 1.30. The summed E-state index contributed by atoms with van der Waals surface area (Å²) in [6.45, 7) is 12.1. The van der Waals surface area contributed by atoms with E-state index in [-0.39, 0.29) is 12.2 Å². The number of hydrogen-bond acceptors (Lipinski definition) is 4. The van der Waals surface area contributed by atoms with Gasteiger partial charge in [-0.1, -0.05) is 27.7 Å². The third-order valence-electron chi connectivity index (χ3n) is 2.33. The summed E-state index contributed by atoms with van der Waals surface area (Å²) < 4.78 is 28.6. The Labute approximate surface area is 106 Å². The first-order chi connectivity index (χ1) is 7.83. The van der Waals surface area contributed by atoms with Gasteiger partial charge >= 0.3 is 7.82 Å². The van der Waals surface area contributed by atoms with Crippen molar-refractivity contribution in [2.75, 3.05) is 6.61 Å². The van der Waals surface area contributed by atoms with E-state index in [1.165, 1.54) is 0 Å². The average molecular weight is 266 g/mol. The van der Waals surface area contributed by atoms with Crippen LogP contribution in [-0.2, 0) is 18.1 Å². The second-order valence-corrected chi connectivity index (χ2v) is 6.36.